The molecule has 0 bridgehead atoms. The van der Waals surface area contributed by atoms with Gasteiger partial charge in [0.1, 0.15) is 11.6 Å². The van der Waals surface area contributed by atoms with Gasteiger partial charge in [0.15, 0.2) is 0 Å². The molecule has 2 nitrogen and oxygen atoms in total. The summed E-state index contributed by atoms with van der Waals surface area (Å²) in [5.41, 5.74) is 1.88. The van der Waals surface area contributed by atoms with E-state index in [2.05, 4.69) is 12.2 Å². The lowest BCUT2D eigenvalue weighted by atomic mass is 10.0. The third kappa shape index (κ3) is 3.41. The van der Waals surface area contributed by atoms with Crippen molar-refractivity contribution in [3.63, 3.8) is 0 Å². The molecule has 0 aliphatic rings. The molecule has 20 heavy (non-hydrogen) atoms. The summed E-state index contributed by atoms with van der Waals surface area (Å²) in [6, 6.07) is 6.85. The average molecular weight is 296 g/mol. The second-order valence-electron chi connectivity index (χ2n) is 4.89. The fourth-order valence-electron chi connectivity index (χ4n) is 2.24. The van der Waals surface area contributed by atoms with Gasteiger partial charge in [-0.25, -0.2) is 4.39 Å². The van der Waals surface area contributed by atoms with Gasteiger partial charge in [0.2, 0.25) is 0 Å². The van der Waals surface area contributed by atoms with Crippen LogP contribution in [0.4, 0.5) is 4.39 Å². The van der Waals surface area contributed by atoms with Crippen molar-refractivity contribution in [3.8, 4) is 0 Å². The SMILES string of the molecule is CCCNC(Cc1cccc(F)c1Cl)c1occc1C. The molecule has 0 radical (unpaired) electrons. The topological polar surface area (TPSA) is 25.2 Å². The highest BCUT2D eigenvalue weighted by Crippen LogP contribution is 2.27. The highest BCUT2D eigenvalue weighted by molar-refractivity contribution is 6.31. The molecule has 0 amide bonds. The lowest BCUT2D eigenvalue weighted by Gasteiger charge is -2.18. The Balaban J connectivity index is 2.24. The minimum absolute atomic E-state index is 0.00394. The number of rotatable bonds is 6. The second kappa shape index (κ2) is 6.91. The highest BCUT2D eigenvalue weighted by atomic mass is 35.5. The van der Waals surface area contributed by atoms with E-state index in [0.29, 0.717) is 6.42 Å². The van der Waals surface area contributed by atoms with Crippen molar-refractivity contribution in [2.75, 3.05) is 6.54 Å². The van der Waals surface area contributed by atoms with Gasteiger partial charge in [-0.05, 0) is 49.6 Å². The zero-order chi connectivity index (χ0) is 14.5. The van der Waals surface area contributed by atoms with Gasteiger partial charge in [0, 0.05) is 0 Å². The van der Waals surface area contributed by atoms with E-state index in [0.717, 1.165) is 29.9 Å². The molecule has 0 saturated carbocycles. The summed E-state index contributed by atoms with van der Waals surface area (Å²) in [6.07, 6.45) is 3.30. The quantitative estimate of drug-likeness (QED) is 0.838. The van der Waals surface area contributed by atoms with Crippen LogP contribution in [0.2, 0.25) is 5.02 Å². The van der Waals surface area contributed by atoms with Crippen LogP contribution in [0.3, 0.4) is 0 Å². The fraction of sp³-hybridized carbons (Fsp3) is 0.375. The van der Waals surface area contributed by atoms with Gasteiger partial charge in [0.05, 0.1) is 17.3 Å². The van der Waals surface area contributed by atoms with Crippen LogP contribution in [0, 0.1) is 12.7 Å². The van der Waals surface area contributed by atoms with Crippen LogP contribution in [0.1, 0.15) is 36.3 Å². The van der Waals surface area contributed by atoms with Crippen LogP contribution in [0.5, 0.6) is 0 Å². The summed E-state index contributed by atoms with van der Waals surface area (Å²) >= 11 is 6.04. The van der Waals surface area contributed by atoms with E-state index in [4.69, 9.17) is 16.0 Å². The molecule has 0 fully saturated rings. The van der Waals surface area contributed by atoms with E-state index in [1.54, 1.807) is 12.3 Å². The number of aryl methyl sites for hydroxylation is 1. The minimum atomic E-state index is -0.380. The first-order valence-corrected chi connectivity index (χ1v) is 7.21. The molecule has 0 saturated heterocycles. The van der Waals surface area contributed by atoms with Crippen molar-refractivity contribution in [2.24, 2.45) is 0 Å². The van der Waals surface area contributed by atoms with Crippen molar-refractivity contribution in [1.82, 2.24) is 5.32 Å². The fourth-order valence-corrected chi connectivity index (χ4v) is 2.45. The highest BCUT2D eigenvalue weighted by Gasteiger charge is 2.19. The van der Waals surface area contributed by atoms with Gasteiger partial charge < -0.3 is 9.73 Å². The molecule has 2 rings (SSSR count). The Morgan fingerprint density at radius 3 is 2.80 bits per heavy atom. The van der Waals surface area contributed by atoms with Crippen LogP contribution in [0.15, 0.2) is 34.9 Å². The first kappa shape index (κ1) is 15.1. The van der Waals surface area contributed by atoms with E-state index >= 15 is 0 Å². The van der Waals surface area contributed by atoms with E-state index < -0.39 is 0 Å². The number of benzene rings is 1. The largest absolute Gasteiger partial charge is 0.467 e. The molecule has 2 aromatic rings. The molecular weight excluding hydrogens is 277 g/mol. The van der Waals surface area contributed by atoms with Crippen LogP contribution in [0.25, 0.3) is 0 Å². The number of hydrogen-bond donors (Lipinski definition) is 1. The van der Waals surface area contributed by atoms with Crippen LogP contribution < -0.4 is 5.32 Å². The Kier molecular flexibility index (Phi) is 5.21. The first-order chi connectivity index (χ1) is 9.63. The predicted molar refractivity (Wildman–Crippen MR) is 79.6 cm³/mol. The van der Waals surface area contributed by atoms with Crippen molar-refractivity contribution >= 4 is 11.6 Å². The van der Waals surface area contributed by atoms with Crippen molar-refractivity contribution < 1.29 is 8.81 Å². The van der Waals surface area contributed by atoms with Gasteiger partial charge in [0.25, 0.3) is 0 Å². The maximum absolute atomic E-state index is 13.5. The molecule has 1 atom stereocenters. The Labute approximate surface area is 123 Å². The van der Waals surface area contributed by atoms with E-state index in [9.17, 15) is 4.39 Å². The Morgan fingerprint density at radius 1 is 1.35 bits per heavy atom. The summed E-state index contributed by atoms with van der Waals surface area (Å²) in [4.78, 5) is 0. The molecule has 1 N–H and O–H groups in total. The summed E-state index contributed by atoms with van der Waals surface area (Å²) in [5.74, 6) is 0.508. The number of hydrogen-bond acceptors (Lipinski definition) is 2. The number of nitrogens with one attached hydrogen (secondary N) is 1. The maximum Gasteiger partial charge on any atom is 0.142 e. The van der Waals surface area contributed by atoms with Crippen molar-refractivity contribution in [3.05, 3.63) is 58.3 Å². The predicted octanol–water partition coefficient (Wildman–Crippen LogP) is 4.66. The van der Waals surface area contributed by atoms with Crippen LogP contribution >= 0.6 is 11.6 Å². The summed E-state index contributed by atoms with van der Waals surface area (Å²) in [7, 11) is 0. The summed E-state index contributed by atoms with van der Waals surface area (Å²) in [5, 5.41) is 3.63. The molecule has 1 unspecified atom stereocenters. The van der Waals surface area contributed by atoms with Crippen molar-refractivity contribution in [2.45, 2.75) is 32.7 Å². The summed E-state index contributed by atoms with van der Waals surface area (Å²) in [6.45, 7) is 4.98. The molecule has 0 spiro atoms. The maximum atomic E-state index is 13.5. The summed E-state index contributed by atoms with van der Waals surface area (Å²) < 4.78 is 19.1. The third-order valence-corrected chi connectivity index (χ3v) is 3.74. The molecule has 1 aromatic heterocycles. The van der Waals surface area contributed by atoms with Gasteiger partial charge in [-0.15, -0.1) is 0 Å². The van der Waals surface area contributed by atoms with Gasteiger partial charge >= 0.3 is 0 Å². The lowest BCUT2D eigenvalue weighted by Crippen LogP contribution is -2.24. The number of furan rings is 1. The third-order valence-electron chi connectivity index (χ3n) is 3.31. The smallest absolute Gasteiger partial charge is 0.142 e. The first-order valence-electron chi connectivity index (χ1n) is 6.83. The Bertz CT molecular complexity index is 567. The second-order valence-corrected chi connectivity index (χ2v) is 5.27. The van der Waals surface area contributed by atoms with Gasteiger partial charge in [-0.2, -0.15) is 0 Å². The zero-order valence-electron chi connectivity index (χ0n) is 11.7. The molecule has 1 heterocycles. The van der Waals surface area contributed by atoms with E-state index in [1.807, 2.05) is 19.1 Å². The van der Waals surface area contributed by atoms with Crippen LogP contribution in [-0.4, -0.2) is 6.54 Å². The van der Waals surface area contributed by atoms with Gasteiger partial charge in [-0.3, -0.25) is 0 Å². The molecule has 4 heteroatoms. The normalized spacial score (nSPS) is 12.6. The molecule has 108 valence electrons. The standard InChI is InChI=1S/C16H19ClFNO/c1-3-8-19-14(16-11(2)7-9-20-16)10-12-5-4-6-13(18)15(12)17/h4-7,9,14,19H,3,8,10H2,1-2H3. The van der Waals surface area contributed by atoms with E-state index in [1.165, 1.54) is 6.07 Å². The minimum Gasteiger partial charge on any atom is -0.467 e. The molecule has 1 aromatic carbocycles. The van der Waals surface area contributed by atoms with Crippen molar-refractivity contribution in [1.29, 1.82) is 0 Å². The van der Waals surface area contributed by atoms with Gasteiger partial charge in [-0.1, -0.05) is 30.7 Å². The van der Waals surface area contributed by atoms with Crippen LogP contribution in [-0.2, 0) is 6.42 Å². The Morgan fingerprint density at radius 2 is 2.15 bits per heavy atom. The average Bonchev–Trinajstić information content (AvgIpc) is 2.85. The molecule has 0 aliphatic heterocycles. The Hall–Kier alpha value is -1.32. The molecular formula is C16H19ClFNO. The molecule has 0 aliphatic carbocycles. The lowest BCUT2D eigenvalue weighted by molar-refractivity contribution is 0.407. The van der Waals surface area contributed by atoms with E-state index in [-0.39, 0.29) is 16.9 Å². The monoisotopic (exact) mass is 295 g/mol. The number of halogens is 2. The zero-order valence-corrected chi connectivity index (χ0v) is 12.5.